The standard InChI is InChI=1S/C12H13N3O2/c1-3-9(7-13)12(14)10-4-8(2)5-11(6-10)15(16)17/h4-6H,3,14H2,1-2H3/b12-9-. The van der Waals surface area contributed by atoms with Crippen molar-refractivity contribution in [3.8, 4) is 6.07 Å². The van der Waals surface area contributed by atoms with Crippen molar-refractivity contribution in [1.29, 1.82) is 5.26 Å². The molecule has 1 aromatic carbocycles. The molecule has 0 aromatic heterocycles. The van der Waals surface area contributed by atoms with E-state index in [0.717, 1.165) is 5.56 Å². The Bertz CT molecular complexity index is 527. The Kier molecular flexibility index (Phi) is 3.83. The first-order valence-electron chi connectivity index (χ1n) is 5.14. The molecule has 0 aliphatic rings. The molecular formula is C12H13N3O2. The number of aryl methyl sites for hydroxylation is 1. The monoisotopic (exact) mass is 231 g/mol. The molecule has 0 unspecified atom stereocenters. The van der Waals surface area contributed by atoms with Crippen molar-refractivity contribution in [2.75, 3.05) is 0 Å². The highest BCUT2D eigenvalue weighted by Crippen LogP contribution is 2.22. The zero-order valence-electron chi connectivity index (χ0n) is 9.73. The summed E-state index contributed by atoms with van der Waals surface area (Å²) in [5, 5.41) is 19.6. The Morgan fingerprint density at radius 2 is 2.18 bits per heavy atom. The van der Waals surface area contributed by atoms with Gasteiger partial charge in [0.25, 0.3) is 5.69 Å². The minimum Gasteiger partial charge on any atom is -0.397 e. The van der Waals surface area contributed by atoms with E-state index < -0.39 is 4.92 Å². The van der Waals surface area contributed by atoms with Gasteiger partial charge in [0.15, 0.2) is 0 Å². The molecule has 1 aromatic rings. The highest BCUT2D eigenvalue weighted by atomic mass is 16.6. The minimum atomic E-state index is -0.470. The van der Waals surface area contributed by atoms with Crippen LogP contribution in [0.3, 0.4) is 0 Å². The van der Waals surface area contributed by atoms with E-state index >= 15 is 0 Å². The molecule has 0 heterocycles. The van der Waals surface area contributed by atoms with Gasteiger partial charge in [0.1, 0.15) is 0 Å². The molecule has 5 nitrogen and oxygen atoms in total. The molecule has 0 spiro atoms. The molecule has 0 amide bonds. The van der Waals surface area contributed by atoms with Crippen molar-refractivity contribution in [3.05, 3.63) is 45.0 Å². The zero-order chi connectivity index (χ0) is 13.0. The second-order valence-electron chi connectivity index (χ2n) is 3.67. The summed E-state index contributed by atoms with van der Waals surface area (Å²) in [7, 11) is 0. The van der Waals surface area contributed by atoms with Crippen LogP contribution in [-0.4, -0.2) is 4.92 Å². The summed E-state index contributed by atoms with van der Waals surface area (Å²) in [5.41, 5.74) is 7.82. The fourth-order valence-electron chi connectivity index (χ4n) is 1.53. The normalized spacial score (nSPS) is 11.6. The van der Waals surface area contributed by atoms with Crippen LogP contribution in [0.2, 0.25) is 0 Å². The fourth-order valence-corrected chi connectivity index (χ4v) is 1.53. The van der Waals surface area contributed by atoms with Gasteiger partial charge in [-0.1, -0.05) is 6.92 Å². The lowest BCUT2D eigenvalue weighted by molar-refractivity contribution is -0.384. The molecule has 1 rings (SSSR count). The summed E-state index contributed by atoms with van der Waals surface area (Å²) in [6.45, 7) is 3.57. The van der Waals surface area contributed by atoms with Crippen LogP contribution in [0.5, 0.6) is 0 Å². The smallest absolute Gasteiger partial charge is 0.270 e. The third-order valence-corrected chi connectivity index (χ3v) is 2.40. The van der Waals surface area contributed by atoms with Crippen LogP contribution >= 0.6 is 0 Å². The highest BCUT2D eigenvalue weighted by Gasteiger charge is 2.11. The van der Waals surface area contributed by atoms with Gasteiger partial charge in [-0.05, 0) is 25.0 Å². The lowest BCUT2D eigenvalue weighted by atomic mass is 10.0. The third-order valence-electron chi connectivity index (χ3n) is 2.40. The molecule has 5 heteroatoms. The average Bonchev–Trinajstić information content (AvgIpc) is 2.29. The Morgan fingerprint density at radius 1 is 1.53 bits per heavy atom. The predicted octanol–water partition coefficient (Wildman–Crippen LogP) is 2.51. The Morgan fingerprint density at radius 3 is 2.65 bits per heavy atom. The van der Waals surface area contributed by atoms with E-state index in [-0.39, 0.29) is 5.69 Å². The first-order chi connectivity index (χ1) is 7.99. The van der Waals surface area contributed by atoms with Crippen LogP contribution in [-0.2, 0) is 0 Å². The summed E-state index contributed by atoms with van der Waals surface area (Å²) in [6, 6.07) is 6.59. The first kappa shape index (κ1) is 12.7. The molecule has 0 aliphatic carbocycles. The van der Waals surface area contributed by atoms with Gasteiger partial charge in [0.05, 0.1) is 22.3 Å². The number of nitrogens with two attached hydrogens (primary N) is 1. The van der Waals surface area contributed by atoms with Crippen molar-refractivity contribution >= 4 is 11.4 Å². The molecule has 0 radical (unpaired) electrons. The summed E-state index contributed by atoms with van der Waals surface area (Å²) in [4.78, 5) is 10.3. The van der Waals surface area contributed by atoms with E-state index in [4.69, 9.17) is 11.0 Å². The molecule has 0 aliphatic heterocycles. The topological polar surface area (TPSA) is 93.0 Å². The van der Waals surface area contributed by atoms with Crippen LogP contribution < -0.4 is 5.73 Å². The molecule has 88 valence electrons. The van der Waals surface area contributed by atoms with Crippen molar-refractivity contribution in [3.63, 3.8) is 0 Å². The molecule has 0 fully saturated rings. The number of nitro benzene ring substituents is 1. The number of nitro groups is 1. The predicted molar refractivity (Wildman–Crippen MR) is 64.8 cm³/mol. The summed E-state index contributed by atoms with van der Waals surface area (Å²) >= 11 is 0. The maximum absolute atomic E-state index is 10.7. The van der Waals surface area contributed by atoms with Crippen molar-refractivity contribution in [2.45, 2.75) is 20.3 Å². The van der Waals surface area contributed by atoms with Gasteiger partial charge in [-0.25, -0.2) is 0 Å². The van der Waals surface area contributed by atoms with E-state index in [0.29, 0.717) is 23.3 Å². The maximum Gasteiger partial charge on any atom is 0.270 e. The fraction of sp³-hybridized carbons (Fsp3) is 0.250. The molecule has 0 saturated carbocycles. The largest absolute Gasteiger partial charge is 0.397 e. The number of hydrogen-bond donors (Lipinski definition) is 1. The number of rotatable bonds is 3. The lowest BCUT2D eigenvalue weighted by Crippen LogP contribution is -2.02. The van der Waals surface area contributed by atoms with Crippen LogP contribution in [0.25, 0.3) is 5.70 Å². The second kappa shape index (κ2) is 5.12. The van der Waals surface area contributed by atoms with Crippen molar-refractivity contribution in [1.82, 2.24) is 0 Å². The van der Waals surface area contributed by atoms with Gasteiger partial charge in [-0.2, -0.15) is 5.26 Å². The maximum atomic E-state index is 10.7. The lowest BCUT2D eigenvalue weighted by Gasteiger charge is -2.05. The minimum absolute atomic E-state index is 0.0173. The number of nitrogens with zero attached hydrogens (tertiary/aromatic N) is 2. The van der Waals surface area contributed by atoms with Crippen LogP contribution in [0.4, 0.5) is 5.69 Å². The van der Waals surface area contributed by atoms with Gasteiger partial charge < -0.3 is 5.73 Å². The van der Waals surface area contributed by atoms with Gasteiger partial charge >= 0.3 is 0 Å². The molecular weight excluding hydrogens is 218 g/mol. The quantitative estimate of drug-likeness (QED) is 0.491. The van der Waals surface area contributed by atoms with Gasteiger partial charge in [0, 0.05) is 17.7 Å². The second-order valence-corrected chi connectivity index (χ2v) is 3.67. The zero-order valence-corrected chi connectivity index (χ0v) is 9.73. The summed E-state index contributed by atoms with van der Waals surface area (Å²) < 4.78 is 0. The molecule has 17 heavy (non-hydrogen) atoms. The molecule has 0 bridgehead atoms. The van der Waals surface area contributed by atoms with Gasteiger partial charge in [0.2, 0.25) is 0 Å². The van der Waals surface area contributed by atoms with E-state index in [1.54, 1.807) is 13.0 Å². The summed E-state index contributed by atoms with van der Waals surface area (Å²) in [6.07, 6.45) is 0.504. The van der Waals surface area contributed by atoms with Gasteiger partial charge in [-0.15, -0.1) is 0 Å². The van der Waals surface area contributed by atoms with Crippen LogP contribution in [0, 0.1) is 28.4 Å². The number of non-ortho nitro benzene ring substituents is 1. The molecule has 0 atom stereocenters. The van der Waals surface area contributed by atoms with E-state index in [2.05, 4.69) is 0 Å². The Balaban J connectivity index is 3.38. The van der Waals surface area contributed by atoms with E-state index in [1.807, 2.05) is 13.0 Å². The van der Waals surface area contributed by atoms with E-state index in [1.165, 1.54) is 12.1 Å². The SMILES string of the molecule is CC/C(C#N)=C(/N)c1cc(C)cc([N+](=O)[O-])c1. The molecule has 0 saturated heterocycles. The van der Waals surface area contributed by atoms with Crippen LogP contribution in [0.15, 0.2) is 23.8 Å². The van der Waals surface area contributed by atoms with Crippen molar-refractivity contribution in [2.24, 2.45) is 5.73 Å². The van der Waals surface area contributed by atoms with Crippen molar-refractivity contribution < 1.29 is 4.92 Å². The number of allylic oxidation sites excluding steroid dienone is 1. The van der Waals surface area contributed by atoms with E-state index in [9.17, 15) is 10.1 Å². The number of benzene rings is 1. The first-order valence-corrected chi connectivity index (χ1v) is 5.14. The third kappa shape index (κ3) is 2.82. The summed E-state index contributed by atoms with van der Waals surface area (Å²) in [5.74, 6) is 0. The number of hydrogen-bond acceptors (Lipinski definition) is 4. The van der Waals surface area contributed by atoms with Gasteiger partial charge in [-0.3, -0.25) is 10.1 Å². The highest BCUT2D eigenvalue weighted by molar-refractivity contribution is 5.71. The Hall–Kier alpha value is -2.35. The average molecular weight is 231 g/mol. The van der Waals surface area contributed by atoms with Crippen LogP contribution in [0.1, 0.15) is 24.5 Å². The molecule has 2 N–H and O–H groups in total. The Labute approximate surface area is 99.3 Å². The number of nitriles is 1.